The van der Waals surface area contributed by atoms with Gasteiger partial charge in [-0.2, -0.15) is 0 Å². The molecule has 0 atom stereocenters. The van der Waals surface area contributed by atoms with E-state index in [1.807, 2.05) is 18.2 Å². The third-order valence-corrected chi connectivity index (χ3v) is 3.87. The van der Waals surface area contributed by atoms with Crippen LogP contribution in [-0.2, 0) is 13.0 Å². The molecule has 96 valence electrons. The molecule has 0 unspecified atom stereocenters. The summed E-state index contributed by atoms with van der Waals surface area (Å²) in [6.45, 7) is 0.0502. The van der Waals surface area contributed by atoms with Crippen LogP contribution in [0, 0.1) is 5.92 Å². The lowest BCUT2D eigenvalue weighted by molar-refractivity contribution is 0.282. The van der Waals surface area contributed by atoms with Crippen molar-refractivity contribution in [2.24, 2.45) is 5.92 Å². The van der Waals surface area contributed by atoms with Gasteiger partial charge in [0.05, 0.1) is 6.61 Å². The maximum Gasteiger partial charge on any atom is 0.195 e. The number of benzene rings is 1. The molecule has 1 aliphatic rings. The Hall–Kier alpha value is -1.35. The molecular formula is C15H19NO2. The SMILES string of the molecule is OCc1ccc2nc(CC3CCCCC3)oc2c1. The predicted octanol–water partition coefficient (Wildman–Crippen LogP) is 3.44. The molecule has 1 aromatic heterocycles. The van der Waals surface area contributed by atoms with Gasteiger partial charge in [0.25, 0.3) is 0 Å². The Kier molecular flexibility index (Phi) is 3.33. The highest BCUT2D eigenvalue weighted by molar-refractivity contribution is 5.73. The quantitative estimate of drug-likeness (QED) is 0.901. The van der Waals surface area contributed by atoms with Crippen molar-refractivity contribution in [2.45, 2.75) is 45.1 Å². The summed E-state index contributed by atoms with van der Waals surface area (Å²) in [5.74, 6) is 1.59. The van der Waals surface area contributed by atoms with E-state index < -0.39 is 0 Å². The fourth-order valence-corrected chi connectivity index (χ4v) is 2.84. The van der Waals surface area contributed by atoms with E-state index in [1.165, 1.54) is 32.1 Å². The minimum atomic E-state index is 0.0502. The second-order valence-corrected chi connectivity index (χ2v) is 5.28. The molecule has 0 amide bonds. The maximum absolute atomic E-state index is 9.10. The first-order valence-corrected chi connectivity index (χ1v) is 6.84. The van der Waals surface area contributed by atoms with Gasteiger partial charge in [-0.25, -0.2) is 4.98 Å². The molecular weight excluding hydrogens is 226 g/mol. The number of oxazole rings is 1. The lowest BCUT2D eigenvalue weighted by Crippen LogP contribution is -2.09. The van der Waals surface area contributed by atoms with Gasteiger partial charge in [-0.05, 0) is 36.5 Å². The summed E-state index contributed by atoms with van der Waals surface area (Å²) in [6, 6.07) is 5.71. The molecule has 1 aromatic carbocycles. The van der Waals surface area contributed by atoms with Crippen molar-refractivity contribution >= 4 is 11.1 Å². The van der Waals surface area contributed by atoms with Crippen LogP contribution in [0.2, 0.25) is 0 Å². The summed E-state index contributed by atoms with van der Waals surface area (Å²) in [7, 11) is 0. The van der Waals surface area contributed by atoms with Gasteiger partial charge in [0.1, 0.15) is 5.52 Å². The Morgan fingerprint density at radius 2 is 2.06 bits per heavy atom. The Labute approximate surface area is 107 Å². The van der Waals surface area contributed by atoms with E-state index in [9.17, 15) is 0 Å². The van der Waals surface area contributed by atoms with Crippen LogP contribution < -0.4 is 0 Å². The van der Waals surface area contributed by atoms with E-state index in [4.69, 9.17) is 9.52 Å². The fraction of sp³-hybridized carbons (Fsp3) is 0.533. The number of aliphatic hydroxyl groups is 1. The minimum Gasteiger partial charge on any atom is -0.441 e. The summed E-state index contributed by atoms with van der Waals surface area (Å²) in [5, 5.41) is 9.10. The van der Waals surface area contributed by atoms with E-state index in [0.29, 0.717) is 0 Å². The second kappa shape index (κ2) is 5.11. The highest BCUT2D eigenvalue weighted by Crippen LogP contribution is 2.28. The number of hydrogen-bond acceptors (Lipinski definition) is 3. The topological polar surface area (TPSA) is 46.3 Å². The molecule has 3 nitrogen and oxygen atoms in total. The number of hydrogen-bond donors (Lipinski definition) is 1. The van der Waals surface area contributed by atoms with Crippen LogP contribution in [0.5, 0.6) is 0 Å². The minimum absolute atomic E-state index is 0.0502. The molecule has 1 fully saturated rings. The van der Waals surface area contributed by atoms with E-state index in [1.54, 1.807) is 0 Å². The first kappa shape index (κ1) is 11.7. The van der Waals surface area contributed by atoms with Crippen LogP contribution in [0.25, 0.3) is 11.1 Å². The van der Waals surface area contributed by atoms with Gasteiger partial charge in [-0.15, -0.1) is 0 Å². The summed E-state index contributed by atoms with van der Waals surface area (Å²) in [5.41, 5.74) is 2.58. The first-order valence-electron chi connectivity index (χ1n) is 6.84. The summed E-state index contributed by atoms with van der Waals surface area (Å²) < 4.78 is 5.79. The molecule has 0 spiro atoms. The lowest BCUT2D eigenvalue weighted by atomic mass is 9.87. The number of rotatable bonds is 3. The number of nitrogens with zero attached hydrogens (tertiary/aromatic N) is 1. The molecule has 3 rings (SSSR count). The second-order valence-electron chi connectivity index (χ2n) is 5.28. The van der Waals surface area contributed by atoms with Crippen molar-refractivity contribution in [1.82, 2.24) is 4.98 Å². The van der Waals surface area contributed by atoms with E-state index in [-0.39, 0.29) is 6.61 Å². The van der Waals surface area contributed by atoms with Gasteiger partial charge in [-0.3, -0.25) is 0 Å². The average molecular weight is 245 g/mol. The maximum atomic E-state index is 9.10. The van der Waals surface area contributed by atoms with Gasteiger partial charge in [0.2, 0.25) is 0 Å². The average Bonchev–Trinajstić information content (AvgIpc) is 2.80. The normalized spacial score (nSPS) is 17.4. The standard InChI is InChI=1S/C15H19NO2/c17-10-12-6-7-13-14(8-12)18-15(16-13)9-11-4-2-1-3-5-11/h6-8,11,17H,1-5,9-10H2. The molecule has 0 radical (unpaired) electrons. The fourth-order valence-electron chi connectivity index (χ4n) is 2.84. The van der Waals surface area contributed by atoms with E-state index in [0.717, 1.165) is 34.9 Å². The molecule has 3 heteroatoms. The molecule has 0 saturated heterocycles. The van der Waals surface area contributed by atoms with Gasteiger partial charge >= 0.3 is 0 Å². The third-order valence-electron chi connectivity index (χ3n) is 3.87. The largest absolute Gasteiger partial charge is 0.441 e. The van der Waals surface area contributed by atoms with Crippen LogP contribution in [0.3, 0.4) is 0 Å². The number of fused-ring (bicyclic) bond motifs is 1. The van der Waals surface area contributed by atoms with Crippen LogP contribution in [0.1, 0.15) is 43.6 Å². The monoisotopic (exact) mass is 245 g/mol. The van der Waals surface area contributed by atoms with Crippen LogP contribution in [0.4, 0.5) is 0 Å². The first-order chi connectivity index (χ1) is 8.85. The lowest BCUT2D eigenvalue weighted by Gasteiger charge is -2.19. The van der Waals surface area contributed by atoms with Crippen molar-refractivity contribution in [3.8, 4) is 0 Å². The van der Waals surface area contributed by atoms with Crippen LogP contribution >= 0.6 is 0 Å². The van der Waals surface area contributed by atoms with Gasteiger partial charge < -0.3 is 9.52 Å². The number of aliphatic hydroxyl groups excluding tert-OH is 1. The molecule has 1 heterocycles. The zero-order chi connectivity index (χ0) is 12.4. The molecule has 0 aliphatic heterocycles. The predicted molar refractivity (Wildman–Crippen MR) is 70.2 cm³/mol. The molecule has 18 heavy (non-hydrogen) atoms. The Bertz CT molecular complexity index is 526. The van der Waals surface area contributed by atoms with Gasteiger partial charge in [-0.1, -0.05) is 25.3 Å². The van der Waals surface area contributed by atoms with E-state index in [2.05, 4.69) is 4.98 Å². The van der Waals surface area contributed by atoms with Gasteiger partial charge in [0, 0.05) is 6.42 Å². The van der Waals surface area contributed by atoms with Crippen molar-refractivity contribution in [2.75, 3.05) is 0 Å². The zero-order valence-electron chi connectivity index (χ0n) is 10.6. The molecule has 1 saturated carbocycles. The zero-order valence-corrected chi connectivity index (χ0v) is 10.6. The van der Waals surface area contributed by atoms with Crippen molar-refractivity contribution < 1.29 is 9.52 Å². The molecule has 1 aliphatic carbocycles. The number of aromatic nitrogens is 1. The highest BCUT2D eigenvalue weighted by Gasteiger charge is 2.17. The summed E-state index contributed by atoms with van der Waals surface area (Å²) in [4.78, 5) is 4.53. The van der Waals surface area contributed by atoms with Crippen LogP contribution in [-0.4, -0.2) is 10.1 Å². The van der Waals surface area contributed by atoms with Gasteiger partial charge in [0.15, 0.2) is 11.5 Å². The third kappa shape index (κ3) is 2.41. The van der Waals surface area contributed by atoms with Crippen molar-refractivity contribution in [3.63, 3.8) is 0 Å². The van der Waals surface area contributed by atoms with Crippen molar-refractivity contribution in [3.05, 3.63) is 29.7 Å². The Morgan fingerprint density at radius 1 is 1.22 bits per heavy atom. The Balaban J connectivity index is 1.79. The molecule has 0 bridgehead atoms. The smallest absolute Gasteiger partial charge is 0.195 e. The molecule has 1 N–H and O–H groups in total. The van der Waals surface area contributed by atoms with Crippen molar-refractivity contribution in [1.29, 1.82) is 0 Å². The summed E-state index contributed by atoms with van der Waals surface area (Å²) >= 11 is 0. The van der Waals surface area contributed by atoms with Crippen LogP contribution in [0.15, 0.2) is 22.6 Å². The Morgan fingerprint density at radius 3 is 2.83 bits per heavy atom. The summed E-state index contributed by atoms with van der Waals surface area (Å²) in [6.07, 6.45) is 7.65. The van der Waals surface area contributed by atoms with E-state index >= 15 is 0 Å². The highest BCUT2D eigenvalue weighted by atomic mass is 16.3. The molecule has 2 aromatic rings.